The summed E-state index contributed by atoms with van der Waals surface area (Å²) in [5.74, 6) is 0.298. The van der Waals surface area contributed by atoms with Gasteiger partial charge in [-0.05, 0) is 20.3 Å². The second kappa shape index (κ2) is 5.68. The van der Waals surface area contributed by atoms with E-state index < -0.39 is 16.1 Å². The lowest BCUT2D eigenvalue weighted by Gasteiger charge is -2.15. The van der Waals surface area contributed by atoms with Gasteiger partial charge in [0.1, 0.15) is 0 Å². The van der Waals surface area contributed by atoms with Crippen molar-refractivity contribution in [3.05, 3.63) is 12.4 Å². The van der Waals surface area contributed by atoms with Crippen molar-refractivity contribution in [1.29, 1.82) is 0 Å². The van der Waals surface area contributed by atoms with E-state index in [0.717, 1.165) is 0 Å². The number of halogens is 1. The molecule has 0 radical (unpaired) electrons. The number of nitrogens with zero attached hydrogens (tertiary/aromatic N) is 5. The van der Waals surface area contributed by atoms with Crippen molar-refractivity contribution in [2.24, 2.45) is 0 Å². The molecule has 2 aromatic heterocycles. The van der Waals surface area contributed by atoms with Crippen LogP contribution in [-0.4, -0.2) is 57.6 Å². The van der Waals surface area contributed by atoms with Gasteiger partial charge < -0.3 is 9.88 Å². The maximum atomic E-state index is 13.7. The maximum absolute atomic E-state index is 13.7. The summed E-state index contributed by atoms with van der Waals surface area (Å²) < 4.78 is 40.1. The molecular weight excluding hydrogens is 323 g/mol. The Labute approximate surface area is 133 Å². The Morgan fingerprint density at radius 2 is 2.13 bits per heavy atom. The van der Waals surface area contributed by atoms with Gasteiger partial charge in [-0.1, -0.05) is 0 Å². The van der Waals surface area contributed by atoms with E-state index in [1.54, 1.807) is 10.9 Å². The van der Waals surface area contributed by atoms with Crippen molar-refractivity contribution in [3.63, 3.8) is 0 Å². The third-order valence-corrected chi connectivity index (χ3v) is 5.18. The lowest BCUT2D eigenvalue weighted by molar-refractivity contribution is 0.480. The second-order valence-electron chi connectivity index (χ2n) is 6.01. The Morgan fingerprint density at radius 1 is 1.39 bits per heavy atom. The Bertz CT molecular complexity index is 834. The van der Waals surface area contributed by atoms with E-state index in [1.807, 2.05) is 13.8 Å². The molecule has 126 valence electrons. The van der Waals surface area contributed by atoms with E-state index in [1.165, 1.54) is 10.6 Å². The number of sulfonamides is 1. The Hall–Kier alpha value is -1.81. The molecule has 0 unspecified atom stereocenters. The van der Waals surface area contributed by atoms with Crippen LogP contribution in [0.15, 0.2) is 6.33 Å². The SMILES string of the molecule is CC(C)n1cnc2c(N[C@H]3CCN(S(C)(=O)=O)C3)nc(F)nc21. The minimum absolute atomic E-state index is 0.0920. The number of rotatable bonds is 4. The third-order valence-electron chi connectivity index (χ3n) is 3.91. The first-order valence-electron chi connectivity index (χ1n) is 7.37. The Balaban J connectivity index is 1.89. The van der Waals surface area contributed by atoms with Crippen molar-refractivity contribution in [1.82, 2.24) is 23.8 Å². The van der Waals surface area contributed by atoms with Crippen LogP contribution in [0.4, 0.5) is 10.2 Å². The fourth-order valence-electron chi connectivity index (χ4n) is 2.71. The minimum atomic E-state index is -3.22. The zero-order chi connectivity index (χ0) is 16.8. The van der Waals surface area contributed by atoms with Gasteiger partial charge in [0, 0.05) is 25.2 Å². The number of anilines is 1. The fourth-order valence-corrected chi connectivity index (χ4v) is 3.60. The number of imidazole rings is 1. The average molecular weight is 342 g/mol. The Kier molecular flexibility index (Phi) is 3.96. The van der Waals surface area contributed by atoms with E-state index >= 15 is 0 Å². The summed E-state index contributed by atoms with van der Waals surface area (Å²) in [6.45, 7) is 4.68. The first kappa shape index (κ1) is 16.1. The largest absolute Gasteiger partial charge is 0.364 e. The van der Waals surface area contributed by atoms with Gasteiger partial charge in [0.25, 0.3) is 0 Å². The summed E-state index contributed by atoms with van der Waals surface area (Å²) >= 11 is 0. The topological polar surface area (TPSA) is 93.0 Å². The van der Waals surface area contributed by atoms with Gasteiger partial charge in [0.15, 0.2) is 17.0 Å². The van der Waals surface area contributed by atoms with Crippen molar-refractivity contribution in [2.45, 2.75) is 32.4 Å². The quantitative estimate of drug-likeness (QED) is 0.833. The predicted octanol–water partition coefficient (Wildman–Crippen LogP) is 0.992. The highest BCUT2D eigenvalue weighted by Crippen LogP contribution is 2.24. The van der Waals surface area contributed by atoms with Crippen LogP contribution in [0.5, 0.6) is 0 Å². The smallest absolute Gasteiger partial charge is 0.312 e. The summed E-state index contributed by atoms with van der Waals surface area (Å²) in [4.78, 5) is 11.9. The molecule has 1 saturated heterocycles. The summed E-state index contributed by atoms with van der Waals surface area (Å²) in [5, 5.41) is 3.11. The minimum Gasteiger partial charge on any atom is -0.364 e. The Morgan fingerprint density at radius 3 is 2.74 bits per heavy atom. The van der Waals surface area contributed by atoms with Crippen molar-refractivity contribution >= 4 is 27.0 Å². The molecular formula is C13H19FN6O2S. The number of hydrogen-bond donors (Lipinski definition) is 1. The molecule has 0 saturated carbocycles. The monoisotopic (exact) mass is 342 g/mol. The molecule has 1 aliphatic rings. The molecule has 1 fully saturated rings. The number of fused-ring (bicyclic) bond motifs is 1. The van der Waals surface area contributed by atoms with E-state index in [4.69, 9.17) is 0 Å². The normalized spacial score (nSPS) is 19.8. The van der Waals surface area contributed by atoms with Gasteiger partial charge in [0.2, 0.25) is 10.0 Å². The maximum Gasteiger partial charge on any atom is 0.312 e. The molecule has 0 amide bonds. The van der Waals surface area contributed by atoms with E-state index in [0.29, 0.717) is 36.5 Å². The number of hydrogen-bond acceptors (Lipinski definition) is 6. The van der Waals surface area contributed by atoms with Gasteiger partial charge in [-0.2, -0.15) is 14.4 Å². The fraction of sp³-hybridized carbons (Fsp3) is 0.615. The first-order valence-corrected chi connectivity index (χ1v) is 9.22. The second-order valence-corrected chi connectivity index (χ2v) is 7.99. The predicted molar refractivity (Wildman–Crippen MR) is 84.1 cm³/mol. The van der Waals surface area contributed by atoms with Crippen molar-refractivity contribution < 1.29 is 12.8 Å². The van der Waals surface area contributed by atoms with Gasteiger partial charge in [-0.3, -0.25) is 0 Å². The van der Waals surface area contributed by atoms with Crippen LogP contribution in [0, 0.1) is 6.08 Å². The molecule has 0 spiro atoms. The van der Waals surface area contributed by atoms with Crippen LogP contribution < -0.4 is 5.32 Å². The molecule has 3 rings (SSSR count). The van der Waals surface area contributed by atoms with Crippen LogP contribution in [0.25, 0.3) is 11.2 Å². The lowest BCUT2D eigenvalue weighted by Crippen LogP contribution is -2.31. The molecule has 2 aromatic rings. The zero-order valence-corrected chi connectivity index (χ0v) is 14.0. The molecule has 23 heavy (non-hydrogen) atoms. The van der Waals surface area contributed by atoms with Gasteiger partial charge >= 0.3 is 6.08 Å². The van der Waals surface area contributed by atoms with E-state index in [2.05, 4.69) is 20.3 Å². The molecule has 10 heteroatoms. The standard InChI is InChI=1S/C13H19FN6O2S/c1-8(2)20-7-15-10-11(17-13(14)18-12(10)20)16-9-4-5-19(6-9)23(3,21)22/h7-9H,4-6H2,1-3H3,(H,16,17,18)/t9-/m0/s1. The average Bonchev–Trinajstić information content (AvgIpc) is 3.04. The highest BCUT2D eigenvalue weighted by atomic mass is 32.2. The summed E-state index contributed by atoms with van der Waals surface area (Å²) in [6, 6.07) is -0.0409. The summed E-state index contributed by atoms with van der Waals surface area (Å²) in [7, 11) is -3.22. The summed E-state index contributed by atoms with van der Waals surface area (Å²) in [6.07, 6.45) is 2.58. The molecule has 3 heterocycles. The van der Waals surface area contributed by atoms with Crippen molar-refractivity contribution in [2.75, 3.05) is 24.7 Å². The first-order chi connectivity index (χ1) is 10.8. The van der Waals surface area contributed by atoms with Crippen LogP contribution >= 0.6 is 0 Å². The van der Waals surface area contributed by atoms with E-state index in [9.17, 15) is 12.8 Å². The molecule has 1 N–H and O–H groups in total. The molecule has 1 atom stereocenters. The van der Waals surface area contributed by atoms with Crippen LogP contribution in [0.2, 0.25) is 0 Å². The van der Waals surface area contributed by atoms with Gasteiger partial charge in [-0.25, -0.2) is 17.7 Å². The van der Waals surface area contributed by atoms with Crippen LogP contribution in [-0.2, 0) is 10.0 Å². The lowest BCUT2D eigenvalue weighted by atomic mass is 10.2. The van der Waals surface area contributed by atoms with Crippen molar-refractivity contribution in [3.8, 4) is 0 Å². The molecule has 0 aliphatic carbocycles. The molecule has 0 bridgehead atoms. The number of aromatic nitrogens is 4. The van der Waals surface area contributed by atoms with Crippen LogP contribution in [0.1, 0.15) is 26.3 Å². The zero-order valence-electron chi connectivity index (χ0n) is 13.2. The highest BCUT2D eigenvalue weighted by molar-refractivity contribution is 7.88. The molecule has 8 nitrogen and oxygen atoms in total. The molecule has 0 aromatic carbocycles. The van der Waals surface area contributed by atoms with Crippen LogP contribution in [0.3, 0.4) is 0 Å². The highest BCUT2D eigenvalue weighted by Gasteiger charge is 2.29. The van der Waals surface area contributed by atoms with E-state index in [-0.39, 0.29) is 12.1 Å². The van der Waals surface area contributed by atoms with Gasteiger partial charge in [0.05, 0.1) is 12.6 Å². The third kappa shape index (κ3) is 3.13. The van der Waals surface area contributed by atoms with Gasteiger partial charge in [-0.15, -0.1) is 0 Å². The summed E-state index contributed by atoms with van der Waals surface area (Å²) in [5.41, 5.74) is 0.908. The number of nitrogens with one attached hydrogen (secondary N) is 1. The molecule has 1 aliphatic heterocycles.